The maximum Gasteiger partial charge on any atom is 0.0185 e. The Bertz CT molecular complexity index is 103. The minimum absolute atomic E-state index is 0.921. The Balaban J connectivity index is 3.50. The van der Waals surface area contributed by atoms with Gasteiger partial charge in [0.25, 0.3) is 0 Å². The van der Waals surface area contributed by atoms with Crippen LogP contribution < -0.4 is 0 Å². The van der Waals surface area contributed by atoms with Gasteiger partial charge in [-0.05, 0) is 16.4 Å². The fourth-order valence-corrected chi connectivity index (χ4v) is 0.541. The van der Waals surface area contributed by atoms with Crippen LogP contribution in [0.25, 0.3) is 0 Å². The topological polar surface area (TPSA) is 0 Å². The van der Waals surface area contributed by atoms with Crippen LogP contribution in [0.2, 0.25) is 0 Å². The Hall–Kier alpha value is 0.0300. The van der Waals surface area contributed by atoms with Gasteiger partial charge in [-0.25, -0.2) is 0 Å². The number of hydrogen-bond donors (Lipinski definition) is 0. The third-order valence-electron chi connectivity index (χ3n) is 0.261. The van der Waals surface area contributed by atoms with E-state index in [1.165, 1.54) is 0 Å². The van der Waals surface area contributed by atoms with E-state index in [4.69, 9.17) is 0 Å². The zero-order chi connectivity index (χ0) is 4.99. The summed E-state index contributed by atoms with van der Waals surface area (Å²) in [5.74, 6) is 2.75. The molecule has 0 fully saturated rings. The van der Waals surface area contributed by atoms with Crippen molar-refractivity contribution in [2.24, 2.45) is 0 Å². The molecule has 0 heterocycles. The molecule has 0 rings (SSSR count). The van der Waals surface area contributed by atoms with E-state index in [0.29, 0.717) is 0 Å². The summed E-state index contributed by atoms with van der Waals surface area (Å²) in [5, 5.41) is 0. The second-order valence-corrected chi connectivity index (χ2v) is 1.54. The Labute approximate surface area is 51.8 Å². The van der Waals surface area contributed by atoms with E-state index >= 15 is 0 Å². The second-order valence-electron chi connectivity index (χ2n) is 1.000. The van der Waals surface area contributed by atoms with E-state index in [1.54, 1.807) is 0 Å². The fraction of sp³-hybridized carbons (Fsp3) is 0.200. The van der Waals surface area contributed by atoms with Crippen LogP contribution in [0, 0.1) is 9.85 Å². The van der Waals surface area contributed by atoms with Crippen molar-refractivity contribution in [3.63, 3.8) is 0 Å². The summed E-state index contributed by atoms with van der Waals surface area (Å²) in [5.41, 5.74) is 0.921. The van der Waals surface area contributed by atoms with Gasteiger partial charge in [-0.2, -0.15) is 0 Å². The lowest BCUT2D eigenvalue weighted by Crippen LogP contribution is -1.54. The first kappa shape index (κ1) is 6.03. The lowest BCUT2D eigenvalue weighted by Gasteiger charge is -1.68. The largest absolute Gasteiger partial charge is 0.0877 e. The molecule has 0 aromatic rings. The minimum Gasteiger partial charge on any atom is -0.0877 e. The van der Waals surface area contributed by atoms with Crippen LogP contribution in [0.15, 0.2) is 12.2 Å². The Morgan fingerprint density at radius 3 is 2.33 bits per heavy atom. The minimum atomic E-state index is 0.921. The average Bonchev–Trinajstić information content (AvgIpc) is 1.35. The molecule has 0 aliphatic heterocycles. The predicted octanol–water partition coefficient (Wildman–Crippen LogP) is 1.96. The van der Waals surface area contributed by atoms with Gasteiger partial charge in [0.1, 0.15) is 0 Å². The van der Waals surface area contributed by atoms with Crippen molar-refractivity contribution < 1.29 is 0 Å². The van der Waals surface area contributed by atoms with E-state index < -0.39 is 0 Å². The smallest absolute Gasteiger partial charge is 0.0185 e. The fourth-order valence-electron chi connectivity index (χ4n) is 0.0807. The molecular formula is C5H5I. The Morgan fingerprint density at radius 1 is 1.83 bits per heavy atom. The molecule has 0 aromatic carbocycles. The Kier molecular flexibility index (Phi) is 3.24. The molecule has 0 saturated carbocycles. The van der Waals surface area contributed by atoms with Gasteiger partial charge in [-0.3, -0.25) is 0 Å². The lowest BCUT2D eigenvalue weighted by atomic mass is 10.4. The third-order valence-corrected chi connectivity index (χ3v) is 0.530. The highest BCUT2D eigenvalue weighted by molar-refractivity contribution is 14.1. The summed E-state index contributed by atoms with van der Waals surface area (Å²) < 4.78 is 2.69. The summed E-state index contributed by atoms with van der Waals surface area (Å²) in [6.07, 6.45) is 0. The second kappa shape index (κ2) is 3.23. The van der Waals surface area contributed by atoms with Crippen LogP contribution in [0.1, 0.15) is 6.92 Å². The van der Waals surface area contributed by atoms with Gasteiger partial charge in [-0.15, -0.1) is 0 Å². The molecule has 6 heavy (non-hydrogen) atoms. The molecule has 0 nitrogen and oxygen atoms in total. The summed E-state index contributed by atoms with van der Waals surface area (Å²) in [4.78, 5) is 0. The number of rotatable bonds is 0. The van der Waals surface area contributed by atoms with Gasteiger partial charge in [0, 0.05) is 22.6 Å². The Morgan fingerprint density at radius 2 is 2.33 bits per heavy atom. The summed E-state index contributed by atoms with van der Waals surface area (Å²) >= 11 is 1.98. The first-order valence-electron chi connectivity index (χ1n) is 1.54. The highest BCUT2D eigenvalue weighted by Crippen LogP contribution is 1.81. The van der Waals surface area contributed by atoms with Crippen molar-refractivity contribution in [2.45, 2.75) is 6.92 Å². The van der Waals surface area contributed by atoms with E-state index in [0.717, 1.165) is 5.57 Å². The molecule has 0 amide bonds. The van der Waals surface area contributed by atoms with Gasteiger partial charge >= 0.3 is 0 Å². The molecule has 0 bridgehead atoms. The molecule has 0 radical (unpaired) electrons. The van der Waals surface area contributed by atoms with Crippen LogP contribution in [-0.4, -0.2) is 0 Å². The molecule has 0 saturated heterocycles. The highest BCUT2D eigenvalue weighted by Gasteiger charge is 1.63. The SMILES string of the molecule is C=C(C)C#CI. The van der Waals surface area contributed by atoms with Gasteiger partial charge in [-0.1, -0.05) is 12.5 Å². The van der Waals surface area contributed by atoms with Crippen LogP contribution in [0.4, 0.5) is 0 Å². The molecule has 0 aliphatic carbocycles. The molecule has 0 unspecified atom stereocenters. The number of halogens is 1. The zero-order valence-electron chi connectivity index (χ0n) is 3.59. The molecule has 0 aromatic heterocycles. The first-order valence-corrected chi connectivity index (χ1v) is 2.62. The standard InChI is InChI=1S/C5H5I/c1-5(2)3-4-6/h1H2,2H3. The lowest BCUT2D eigenvalue weighted by molar-refractivity contribution is 1.63. The van der Waals surface area contributed by atoms with E-state index in [9.17, 15) is 0 Å². The van der Waals surface area contributed by atoms with Crippen LogP contribution in [-0.2, 0) is 0 Å². The van der Waals surface area contributed by atoms with Crippen LogP contribution in [0.3, 0.4) is 0 Å². The van der Waals surface area contributed by atoms with Gasteiger partial charge in [0.15, 0.2) is 0 Å². The number of hydrogen-bond acceptors (Lipinski definition) is 0. The monoisotopic (exact) mass is 192 g/mol. The molecule has 1 heteroatoms. The first-order chi connectivity index (χ1) is 2.77. The van der Waals surface area contributed by atoms with E-state index in [2.05, 4.69) is 16.4 Å². The van der Waals surface area contributed by atoms with Gasteiger partial charge in [0.2, 0.25) is 0 Å². The summed E-state index contributed by atoms with van der Waals surface area (Å²) in [6, 6.07) is 0. The predicted molar refractivity (Wildman–Crippen MR) is 36.6 cm³/mol. The molecule has 32 valence electrons. The van der Waals surface area contributed by atoms with Crippen molar-refractivity contribution in [1.29, 1.82) is 0 Å². The quantitative estimate of drug-likeness (QED) is 0.406. The van der Waals surface area contributed by atoms with Gasteiger partial charge in [0.05, 0.1) is 0 Å². The normalized spacial score (nSPS) is 5.67. The van der Waals surface area contributed by atoms with E-state index in [1.807, 2.05) is 29.5 Å². The molecule has 0 atom stereocenters. The van der Waals surface area contributed by atoms with Crippen molar-refractivity contribution >= 4 is 22.6 Å². The van der Waals surface area contributed by atoms with Crippen molar-refractivity contribution in [3.05, 3.63) is 12.2 Å². The summed E-state index contributed by atoms with van der Waals surface area (Å²) in [6.45, 7) is 5.45. The maximum atomic E-state index is 3.57. The molecule has 0 aliphatic rings. The van der Waals surface area contributed by atoms with E-state index in [-0.39, 0.29) is 0 Å². The van der Waals surface area contributed by atoms with Crippen molar-refractivity contribution in [1.82, 2.24) is 0 Å². The highest BCUT2D eigenvalue weighted by atomic mass is 127. The third kappa shape index (κ3) is 4.03. The van der Waals surface area contributed by atoms with Crippen LogP contribution in [0.5, 0.6) is 0 Å². The molecule has 0 N–H and O–H groups in total. The van der Waals surface area contributed by atoms with Crippen molar-refractivity contribution in [2.75, 3.05) is 0 Å². The summed E-state index contributed by atoms with van der Waals surface area (Å²) in [7, 11) is 0. The van der Waals surface area contributed by atoms with Gasteiger partial charge < -0.3 is 0 Å². The molecular weight excluding hydrogens is 187 g/mol. The maximum absolute atomic E-state index is 3.57. The van der Waals surface area contributed by atoms with Crippen molar-refractivity contribution in [3.8, 4) is 9.85 Å². The average molecular weight is 192 g/mol. The van der Waals surface area contributed by atoms with Crippen LogP contribution >= 0.6 is 22.6 Å². The molecule has 0 spiro atoms. The number of allylic oxidation sites excluding steroid dienone is 1. The zero-order valence-corrected chi connectivity index (χ0v) is 5.74.